The molecule has 0 aliphatic heterocycles. The van der Waals surface area contributed by atoms with E-state index in [1.807, 2.05) is 0 Å². The Morgan fingerprint density at radius 2 is 2.36 bits per heavy atom. The molecule has 0 saturated heterocycles. The third kappa shape index (κ3) is 0.721. The van der Waals surface area contributed by atoms with Crippen molar-refractivity contribution in [1.82, 2.24) is 24.4 Å². The summed E-state index contributed by atoms with van der Waals surface area (Å²) in [7, 11) is 1.70. The van der Waals surface area contributed by atoms with Gasteiger partial charge in [0.05, 0.1) is 0 Å². The quantitative estimate of drug-likeness (QED) is 0.475. The number of nitrogens with zero attached hydrogens (tertiary/aromatic N) is 5. The summed E-state index contributed by atoms with van der Waals surface area (Å²) in [4.78, 5) is 11.0. The standard InChI is InChI=1S/C5H5N5O/c1-9-5-8-6-3-10(5)4(11)2-7-9/h2-3H,1H3. The number of hydrogen-bond donors (Lipinski definition) is 0. The van der Waals surface area contributed by atoms with Gasteiger partial charge in [-0.1, -0.05) is 0 Å². The van der Waals surface area contributed by atoms with Crippen molar-refractivity contribution in [2.75, 3.05) is 0 Å². The van der Waals surface area contributed by atoms with Gasteiger partial charge in [0, 0.05) is 7.05 Å². The molecule has 0 spiro atoms. The summed E-state index contributed by atoms with van der Waals surface area (Å²) in [6.45, 7) is 0. The van der Waals surface area contributed by atoms with Crippen LogP contribution in [0.15, 0.2) is 17.3 Å². The van der Waals surface area contributed by atoms with Crippen LogP contribution < -0.4 is 5.56 Å². The summed E-state index contributed by atoms with van der Waals surface area (Å²) in [6.07, 6.45) is 2.58. The van der Waals surface area contributed by atoms with Crippen molar-refractivity contribution >= 4 is 5.78 Å². The van der Waals surface area contributed by atoms with Crippen molar-refractivity contribution in [1.29, 1.82) is 0 Å². The van der Waals surface area contributed by atoms with Crippen LogP contribution in [0.5, 0.6) is 0 Å². The Labute approximate surface area is 61.1 Å². The van der Waals surface area contributed by atoms with Crippen molar-refractivity contribution in [2.45, 2.75) is 0 Å². The van der Waals surface area contributed by atoms with Crippen LogP contribution in [-0.2, 0) is 7.05 Å². The Morgan fingerprint density at radius 1 is 1.55 bits per heavy atom. The third-order valence-corrected chi connectivity index (χ3v) is 1.40. The smallest absolute Gasteiger partial charge is 0.267 e. The molecule has 11 heavy (non-hydrogen) atoms. The molecule has 0 bridgehead atoms. The van der Waals surface area contributed by atoms with Gasteiger partial charge in [-0.25, -0.2) is 9.08 Å². The monoisotopic (exact) mass is 151 g/mol. The van der Waals surface area contributed by atoms with Crippen LogP contribution in [0.2, 0.25) is 0 Å². The van der Waals surface area contributed by atoms with E-state index in [1.165, 1.54) is 21.6 Å². The zero-order valence-corrected chi connectivity index (χ0v) is 5.80. The summed E-state index contributed by atoms with van der Waals surface area (Å²) >= 11 is 0. The van der Waals surface area contributed by atoms with Crippen LogP contribution in [0.1, 0.15) is 0 Å². The second-order valence-electron chi connectivity index (χ2n) is 2.11. The predicted octanol–water partition coefficient (Wildman–Crippen LogP) is -1.18. The molecule has 0 aliphatic carbocycles. The molecule has 0 aliphatic rings. The second-order valence-corrected chi connectivity index (χ2v) is 2.11. The van der Waals surface area contributed by atoms with Gasteiger partial charge in [-0.3, -0.25) is 4.79 Å². The Hall–Kier alpha value is -1.72. The van der Waals surface area contributed by atoms with Gasteiger partial charge < -0.3 is 0 Å². The van der Waals surface area contributed by atoms with E-state index in [0.29, 0.717) is 5.78 Å². The van der Waals surface area contributed by atoms with Crippen molar-refractivity contribution in [3.05, 3.63) is 22.9 Å². The number of rotatable bonds is 0. The lowest BCUT2D eigenvalue weighted by Crippen LogP contribution is -2.16. The van der Waals surface area contributed by atoms with Crippen LogP contribution >= 0.6 is 0 Å². The van der Waals surface area contributed by atoms with Crippen LogP contribution in [0.3, 0.4) is 0 Å². The maximum absolute atomic E-state index is 11.0. The average Bonchev–Trinajstić information content (AvgIpc) is 2.45. The van der Waals surface area contributed by atoms with Crippen molar-refractivity contribution in [3.8, 4) is 0 Å². The van der Waals surface area contributed by atoms with Gasteiger partial charge in [-0.15, -0.1) is 10.2 Å². The molecular weight excluding hydrogens is 146 g/mol. The molecule has 0 fully saturated rings. The van der Waals surface area contributed by atoms with Gasteiger partial charge in [0.2, 0.25) is 0 Å². The maximum atomic E-state index is 11.0. The molecule has 2 rings (SSSR count). The molecule has 56 valence electrons. The van der Waals surface area contributed by atoms with Crippen LogP contribution in [0.4, 0.5) is 0 Å². The Kier molecular flexibility index (Phi) is 1.03. The molecule has 2 aromatic rings. The van der Waals surface area contributed by atoms with Crippen molar-refractivity contribution in [3.63, 3.8) is 0 Å². The summed E-state index contributed by atoms with van der Waals surface area (Å²) in [5.41, 5.74) is -0.219. The fourth-order valence-electron chi connectivity index (χ4n) is 0.855. The predicted molar refractivity (Wildman–Crippen MR) is 36.0 cm³/mol. The summed E-state index contributed by atoms with van der Waals surface area (Å²) in [5.74, 6) is 0.442. The SMILES string of the molecule is Cn1ncc(=O)n2cnnc12. The van der Waals surface area contributed by atoms with E-state index in [-0.39, 0.29) is 5.56 Å². The van der Waals surface area contributed by atoms with Gasteiger partial charge in [0.15, 0.2) is 0 Å². The highest BCUT2D eigenvalue weighted by molar-refractivity contribution is 5.22. The zero-order chi connectivity index (χ0) is 7.84. The van der Waals surface area contributed by atoms with E-state index in [9.17, 15) is 4.79 Å². The van der Waals surface area contributed by atoms with Gasteiger partial charge in [0.1, 0.15) is 12.5 Å². The molecule has 0 atom stereocenters. The number of fused-ring (bicyclic) bond motifs is 1. The Morgan fingerprint density at radius 3 is 3.09 bits per heavy atom. The molecular formula is C5H5N5O. The van der Waals surface area contributed by atoms with E-state index in [1.54, 1.807) is 7.05 Å². The molecule has 6 heteroatoms. The van der Waals surface area contributed by atoms with Crippen LogP contribution in [-0.4, -0.2) is 24.4 Å². The molecule has 0 unspecified atom stereocenters. The minimum Gasteiger partial charge on any atom is -0.267 e. The molecule has 0 aromatic carbocycles. The van der Waals surface area contributed by atoms with Gasteiger partial charge in [-0.2, -0.15) is 5.10 Å². The van der Waals surface area contributed by atoms with Crippen LogP contribution in [0.25, 0.3) is 5.78 Å². The van der Waals surface area contributed by atoms with E-state index in [4.69, 9.17) is 0 Å². The van der Waals surface area contributed by atoms with Crippen molar-refractivity contribution < 1.29 is 0 Å². The highest BCUT2D eigenvalue weighted by atomic mass is 16.1. The first-order valence-electron chi connectivity index (χ1n) is 3.01. The van der Waals surface area contributed by atoms with E-state index < -0.39 is 0 Å². The largest absolute Gasteiger partial charge is 0.279 e. The van der Waals surface area contributed by atoms with Gasteiger partial charge >= 0.3 is 0 Å². The van der Waals surface area contributed by atoms with Crippen molar-refractivity contribution in [2.24, 2.45) is 7.05 Å². The van der Waals surface area contributed by atoms with Crippen LogP contribution in [0, 0.1) is 0 Å². The topological polar surface area (TPSA) is 65.1 Å². The van der Waals surface area contributed by atoms with E-state index >= 15 is 0 Å². The summed E-state index contributed by atoms with van der Waals surface area (Å²) in [5, 5.41) is 11.0. The normalized spacial score (nSPS) is 10.6. The Balaban J connectivity index is 3.08. The van der Waals surface area contributed by atoms with E-state index in [2.05, 4.69) is 15.3 Å². The second kappa shape index (κ2) is 1.88. The lowest BCUT2D eigenvalue weighted by Gasteiger charge is -1.94. The molecule has 2 aromatic heterocycles. The summed E-state index contributed by atoms with van der Waals surface area (Å²) in [6, 6.07) is 0. The minimum atomic E-state index is -0.219. The van der Waals surface area contributed by atoms with Gasteiger partial charge in [-0.05, 0) is 0 Å². The zero-order valence-electron chi connectivity index (χ0n) is 5.80. The average molecular weight is 151 g/mol. The summed E-state index contributed by atoms with van der Waals surface area (Å²) < 4.78 is 2.81. The molecule has 2 heterocycles. The fourth-order valence-corrected chi connectivity index (χ4v) is 0.855. The number of hydrogen-bond acceptors (Lipinski definition) is 4. The lowest BCUT2D eigenvalue weighted by molar-refractivity contribution is 0.721. The molecule has 0 amide bonds. The highest BCUT2D eigenvalue weighted by Crippen LogP contribution is 1.86. The first kappa shape index (κ1) is 6.02. The first-order valence-corrected chi connectivity index (χ1v) is 3.01. The molecule has 0 N–H and O–H groups in total. The third-order valence-electron chi connectivity index (χ3n) is 1.40. The fraction of sp³-hybridized carbons (Fsp3) is 0.200. The number of aromatic nitrogens is 5. The van der Waals surface area contributed by atoms with Gasteiger partial charge in [0.25, 0.3) is 11.3 Å². The maximum Gasteiger partial charge on any atom is 0.279 e. The van der Waals surface area contributed by atoms with E-state index in [0.717, 1.165) is 0 Å². The minimum absolute atomic E-state index is 0.219. The lowest BCUT2D eigenvalue weighted by atomic mass is 10.8. The molecule has 0 saturated carbocycles. The first-order chi connectivity index (χ1) is 5.29. The molecule has 6 nitrogen and oxygen atoms in total. The number of aryl methyl sites for hydroxylation is 1. The highest BCUT2D eigenvalue weighted by Gasteiger charge is 1.99. The molecule has 0 radical (unpaired) electrons. The Bertz CT molecular complexity index is 441.